The zero-order chi connectivity index (χ0) is 23.7. The average Bonchev–Trinajstić information content (AvgIpc) is 3.44. The monoisotopic (exact) mass is 495 g/mol. The quantitative estimate of drug-likeness (QED) is 0.401. The predicted octanol–water partition coefficient (Wildman–Crippen LogP) is 5.37. The molecule has 1 aromatic carbocycles. The van der Waals surface area contributed by atoms with E-state index in [1.165, 1.54) is 23.5 Å². The molecule has 1 amide bonds. The van der Waals surface area contributed by atoms with Gasteiger partial charge in [-0.1, -0.05) is 12.1 Å². The highest BCUT2D eigenvalue weighted by Gasteiger charge is 2.29. The van der Waals surface area contributed by atoms with Crippen LogP contribution in [0.2, 0.25) is 0 Å². The molecule has 0 unspecified atom stereocenters. The Labute approximate surface area is 204 Å². The number of pyridine rings is 1. The number of ether oxygens (including phenoxy) is 1. The van der Waals surface area contributed by atoms with Crippen molar-refractivity contribution in [2.24, 2.45) is 0 Å². The molecular formula is C24H22FN5O2S2. The van der Waals surface area contributed by atoms with Crippen molar-refractivity contribution in [3.8, 4) is 10.6 Å². The SMILES string of the molecule is Cc1nc(C)c(-c2csc(Nc3ccc(C(=O)N4CCOC[C@H]4c4ccc(F)cc4)cn3)n2)s1. The molecule has 5 rings (SSSR count). The van der Waals surface area contributed by atoms with Crippen LogP contribution in [0.5, 0.6) is 0 Å². The first-order chi connectivity index (χ1) is 16.5. The molecule has 3 aromatic heterocycles. The number of carbonyl (C=O) groups excluding carboxylic acids is 1. The maximum Gasteiger partial charge on any atom is 0.256 e. The van der Waals surface area contributed by atoms with E-state index in [2.05, 4.69) is 20.3 Å². The third-order valence-corrected chi connectivity index (χ3v) is 7.38. The standard InChI is InChI=1S/C24H22FN5O2S2/c1-14-22(34-15(2)27-14)19-13-33-24(28-19)29-21-8-5-17(11-26-21)23(31)30-9-10-32-12-20(30)16-3-6-18(25)7-4-16/h3-8,11,13,20H,9-10,12H2,1-2H3,(H,26,28,29)/t20-/m0/s1. The van der Waals surface area contributed by atoms with Gasteiger partial charge in [0, 0.05) is 18.1 Å². The fourth-order valence-corrected chi connectivity index (χ4v) is 5.55. The van der Waals surface area contributed by atoms with Crippen molar-refractivity contribution in [1.29, 1.82) is 0 Å². The minimum atomic E-state index is -0.310. The first kappa shape index (κ1) is 22.6. The Kier molecular flexibility index (Phi) is 6.36. The van der Waals surface area contributed by atoms with Crippen molar-refractivity contribution in [2.45, 2.75) is 19.9 Å². The molecule has 0 radical (unpaired) electrons. The molecule has 1 N–H and O–H groups in total. The number of nitrogens with zero attached hydrogens (tertiary/aromatic N) is 4. The molecule has 0 bridgehead atoms. The van der Waals surface area contributed by atoms with Gasteiger partial charge in [-0.2, -0.15) is 0 Å². The average molecular weight is 496 g/mol. The summed E-state index contributed by atoms with van der Waals surface area (Å²) in [7, 11) is 0. The molecule has 4 heterocycles. The van der Waals surface area contributed by atoms with Crippen molar-refractivity contribution >= 4 is 39.5 Å². The summed E-state index contributed by atoms with van der Waals surface area (Å²) in [5.41, 5.74) is 3.19. The van der Waals surface area contributed by atoms with Crippen LogP contribution in [0, 0.1) is 19.7 Å². The zero-order valence-electron chi connectivity index (χ0n) is 18.6. The van der Waals surface area contributed by atoms with E-state index in [4.69, 9.17) is 4.74 Å². The lowest BCUT2D eigenvalue weighted by atomic mass is 10.0. The van der Waals surface area contributed by atoms with E-state index in [9.17, 15) is 9.18 Å². The Morgan fingerprint density at radius 3 is 2.71 bits per heavy atom. The molecule has 4 aromatic rings. The third-order valence-electron chi connectivity index (χ3n) is 5.53. The van der Waals surface area contributed by atoms with Crippen LogP contribution in [0.15, 0.2) is 48.0 Å². The van der Waals surface area contributed by atoms with Crippen LogP contribution in [0.4, 0.5) is 15.3 Å². The number of aryl methyl sites for hydroxylation is 2. The number of aromatic nitrogens is 3. The highest BCUT2D eigenvalue weighted by Crippen LogP contribution is 2.33. The van der Waals surface area contributed by atoms with Gasteiger partial charge in [0.1, 0.15) is 11.6 Å². The van der Waals surface area contributed by atoms with Crippen molar-refractivity contribution in [3.05, 3.63) is 75.6 Å². The van der Waals surface area contributed by atoms with Gasteiger partial charge >= 0.3 is 0 Å². The minimum Gasteiger partial charge on any atom is -0.377 e. The number of hydrogen-bond acceptors (Lipinski definition) is 8. The maximum atomic E-state index is 13.3. The molecule has 34 heavy (non-hydrogen) atoms. The van der Waals surface area contributed by atoms with Crippen LogP contribution in [0.25, 0.3) is 10.6 Å². The number of thiazole rings is 2. The highest BCUT2D eigenvalue weighted by molar-refractivity contribution is 7.16. The van der Waals surface area contributed by atoms with Crippen molar-refractivity contribution in [1.82, 2.24) is 19.9 Å². The number of morpholine rings is 1. The molecule has 10 heteroatoms. The smallest absolute Gasteiger partial charge is 0.256 e. The molecule has 1 fully saturated rings. The Balaban J connectivity index is 1.29. The van der Waals surface area contributed by atoms with E-state index >= 15 is 0 Å². The molecule has 0 aliphatic carbocycles. The van der Waals surface area contributed by atoms with Crippen LogP contribution < -0.4 is 5.32 Å². The molecule has 1 aliphatic heterocycles. The molecule has 1 saturated heterocycles. The summed E-state index contributed by atoms with van der Waals surface area (Å²) in [6.45, 7) is 5.26. The number of rotatable bonds is 5. The van der Waals surface area contributed by atoms with Crippen LogP contribution in [0.1, 0.15) is 32.7 Å². The van der Waals surface area contributed by atoms with E-state index in [0.29, 0.717) is 31.1 Å². The third kappa shape index (κ3) is 4.70. The molecule has 0 spiro atoms. The lowest BCUT2D eigenvalue weighted by molar-refractivity contribution is -0.00273. The molecule has 174 valence electrons. The lowest BCUT2D eigenvalue weighted by Crippen LogP contribution is -2.43. The Morgan fingerprint density at radius 1 is 1.18 bits per heavy atom. The van der Waals surface area contributed by atoms with Crippen LogP contribution in [0.3, 0.4) is 0 Å². The van der Waals surface area contributed by atoms with Crippen LogP contribution in [-0.2, 0) is 4.74 Å². The highest BCUT2D eigenvalue weighted by atomic mass is 32.1. The summed E-state index contributed by atoms with van der Waals surface area (Å²) in [5.74, 6) is 0.159. The van der Waals surface area contributed by atoms with Crippen LogP contribution in [-0.4, -0.2) is 45.5 Å². The normalized spacial score (nSPS) is 16.0. The lowest BCUT2D eigenvalue weighted by Gasteiger charge is -2.36. The topological polar surface area (TPSA) is 80.2 Å². The minimum absolute atomic E-state index is 0.135. The van der Waals surface area contributed by atoms with E-state index < -0.39 is 0 Å². The van der Waals surface area contributed by atoms with Gasteiger partial charge in [0.25, 0.3) is 5.91 Å². The molecule has 7 nitrogen and oxygen atoms in total. The first-order valence-electron chi connectivity index (χ1n) is 10.7. The number of carbonyl (C=O) groups is 1. The Hall–Kier alpha value is -3.21. The number of anilines is 2. The van der Waals surface area contributed by atoms with Crippen molar-refractivity contribution < 1.29 is 13.9 Å². The van der Waals surface area contributed by atoms with E-state index in [1.54, 1.807) is 46.7 Å². The van der Waals surface area contributed by atoms with E-state index in [-0.39, 0.29) is 17.8 Å². The number of benzene rings is 1. The van der Waals surface area contributed by atoms with Crippen LogP contribution >= 0.6 is 22.7 Å². The summed E-state index contributed by atoms with van der Waals surface area (Å²) in [6.07, 6.45) is 1.56. The van der Waals surface area contributed by atoms with Crippen molar-refractivity contribution in [3.63, 3.8) is 0 Å². The molecule has 1 aliphatic rings. The van der Waals surface area contributed by atoms with Gasteiger partial charge in [-0.25, -0.2) is 19.3 Å². The second kappa shape index (κ2) is 9.57. The fourth-order valence-electron chi connectivity index (χ4n) is 3.88. The summed E-state index contributed by atoms with van der Waals surface area (Å²) in [5, 5.41) is 6.93. The largest absolute Gasteiger partial charge is 0.377 e. The van der Waals surface area contributed by atoms with Gasteiger partial charge in [-0.05, 0) is 43.7 Å². The van der Waals surface area contributed by atoms with Gasteiger partial charge in [0.15, 0.2) is 5.13 Å². The van der Waals surface area contributed by atoms with Gasteiger partial charge in [-0.15, -0.1) is 22.7 Å². The summed E-state index contributed by atoms with van der Waals surface area (Å²) in [4.78, 5) is 29.6. The van der Waals surface area contributed by atoms with Gasteiger partial charge in [0.2, 0.25) is 0 Å². The second-order valence-electron chi connectivity index (χ2n) is 7.88. The Morgan fingerprint density at radius 2 is 2.00 bits per heavy atom. The van der Waals surface area contributed by atoms with Gasteiger partial charge in [-0.3, -0.25) is 4.79 Å². The first-order valence-corrected chi connectivity index (χ1v) is 12.4. The second-order valence-corrected chi connectivity index (χ2v) is 9.94. The molecule has 0 saturated carbocycles. The summed E-state index contributed by atoms with van der Waals surface area (Å²) >= 11 is 3.12. The molecule has 1 atom stereocenters. The molecular weight excluding hydrogens is 473 g/mol. The number of hydrogen-bond donors (Lipinski definition) is 1. The van der Waals surface area contributed by atoms with Crippen molar-refractivity contribution in [2.75, 3.05) is 25.1 Å². The Bertz CT molecular complexity index is 1300. The maximum absolute atomic E-state index is 13.3. The number of nitrogens with one attached hydrogen (secondary N) is 1. The van der Waals surface area contributed by atoms with Gasteiger partial charge < -0.3 is 15.0 Å². The zero-order valence-corrected chi connectivity index (χ0v) is 20.3. The predicted molar refractivity (Wildman–Crippen MR) is 131 cm³/mol. The summed E-state index contributed by atoms with van der Waals surface area (Å²) < 4.78 is 18.9. The van der Waals surface area contributed by atoms with E-state index in [1.807, 2.05) is 19.2 Å². The summed E-state index contributed by atoms with van der Waals surface area (Å²) in [6, 6.07) is 9.43. The van der Waals surface area contributed by atoms with E-state index in [0.717, 1.165) is 32.0 Å². The number of amides is 1. The van der Waals surface area contributed by atoms with Gasteiger partial charge in [0.05, 0.1) is 46.1 Å². The number of halogens is 1. The fraction of sp³-hybridized carbons (Fsp3) is 0.250.